The van der Waals surface area contributed by atoms with E-state index in [1.165, 1.54) is 0 Å². The van der Waals surface area contributed by atoms with Gasteiger partial charge >= 0.3 is 6.18 Å². The number of benzene rings is 2. The number of nitrogens with one attached hydrogen (secondary N) is 1. The van der Waals surface area contributed by atoms with E-state index in [4.69, 9.17) is 0 Å². The van der Waals surface area contributed by atoms with Crippen LogP contribution in [-0.2, 0) is 10.2 Å². The van der Waals surface area contributed by atoms with Crippen LogP contribution in [-0.4, -0.2) is 22.6 Å². The highest BCUT2D eigenvalue weighted by Gasteiger charge is 2.49. The lowest BCUT2D eigenvalue weighted by molar-refractivity contribution is -0.141. The van der Waals surface area contributed by atoms with Crippen molar-refractivity contribution in [3.05, 3.63) is 59.7 Å². The smallest absolute Gasteiger partial charge is 0.346 e. The zero-order valence-electron chi connectivity index (χ0n) is 14.9. The molecule has 144 valence electrons. The standard InChI is InChI=1S/C21H21F3INO/c1-14(25)7-6-12-20(19(27)26-13-21(22,23)24)17-10-4-2-8-15(17)16-9-3-5-11-18(16)20/h2-5,8-11,14H,6-7,12-13H2,1H3,(H,26,27). The second kappa shape index (κ2) is 7.81. The van der Waals surface area contributed by atoms with Gasteiger partial charge in [0.15, 0.2) is 0 Å². The van der Waals surface area contributed by atoms with Crippen LogP contribution < -0.4 is 5.32 Å². The van der Waals surface area contributed by atoms with Gasteiger partial charge in [-0.05, 0) is 35.1 Å². The van der Waals surface area contributed by atoms with Crippen molar-refractivity contribution in [2.24, 2.45) is 0 Å². The first-order valence-electron chi connectivity index (χ1n) is 8.94. The molecule has 0 saturated carbocycles. The van der Waals surface area contributed by atoms with Crippen LogP contribution in [0.5, 0.6) is 0 Å². The first-order valence-corrected chi connectivity index (χ1v) is 10.2. The Morgan fingerprint density at radius 1 is 1.07 bits per heavy atom. The number of hydrogen-bond acceptors (Lipinski definition) is 1. The number of rotatable bonds is 6. The first kappa shape index (κ1) is 20.2. The maximum absolute atomic E-state index is 13.2. The van der Waals surface area contributed by atoms with Gasteiger partial charge in [0.25, 0.3) is 0 Å². The molecule has 2 aromatic rings. The predicted molar refractivity (Wildman–Crippen MR) is 109 cm³/mol. The quantitative estimate of drug-likeness (QED) is 0.416. The minimum atomic E-state index is -4.44. The molecule has 6 heteroatoms. The highest BCUT2D eigenvalue weighted by Crippen LogP contribution is 2.51. The van der Waals surface area contributed by atoms with Crippen molar-refractivity contribution in [1.82, 2.24) is 5.32 Å². The van der Waals surface area contributed by atoms with E-state index in [1.54, 1.807) is 0 Å². The molecule has 0 aliphatic heterocycles. The van der Waals surface area contributed by atoms with Crippen molar-refractivity contribution in [2.75, 3.05) is 6.54 Å². The van der Waals surface area contributed by atoms with Gasteiger partial charge in [0.05, 0.1) is 0 Å². The fraction of sp³-hybridized carbons (Fsp3) is 0.381. The second-order valence-electron chi connectivity index (χ2n) is 6.97. The molecule has 0 fully saturated rings. The molecule has 1 unspecified atom stereocenters. The van der Waals surface area contributed by atoms with Crippen molar-refractivity contribution in [3.63, 3.8) is 0 Å². The molecule has 3 rings (SSSR count). The first-order chi connectivity index (χ1) is 12.8. The van der Waals surface area contributed by atoms with Crippen LogP contribution in [0, 0.1) is 0 Å². The van der Waals surface area contributed by atoms with Crippen molar-refractivity contribution < 1.29 is 18.0 Å². The number of carbonyl (C=O) groups excluding carboxylic acids is 1. The van der Waals surface area contributed by atoms with Gasteiger partial charge in [-0.15, -0.1) is 0 Å². The molecular formula is C21H21F3INO. The fourth-order valence-corrected chi connectivity index (χ4v) is 4.37. The minimum Gasteiger partial charge on any atom is -0.346 e. The number of alkyl halides is 4. The summed E-state index contributed by atoms with van der Waals surface area (Å²) in [6.45, 7) is 0.772. The average Bonchev–Trinajstić information content (AvgIpc) is 2.91. The molecule has 0 spiro atoms. The molecule has 0 aromatic heterocycles. The third-order valence-electron chi connectivity index (χ3n) is 5.05. The molecule has 27 heavy (non-hydrogen) atoms. The third kappa shape index (κ3) is 4.00. The molecule has 0 bridgehead atoms. The number of carbonyl (C=O) groups is 1. The Morgan fingerprint density at radius 2 is 1.59 bits per heavy atom. The minimum absolute atomic E-state index is 0.435. The van der Waals surface area contributed by atoms with E-state index in [0.29, 0.717) is 10.3 Å². The largest absolute Gasteiger partial charge is 0.405 e. The molecule has 2 aromatic carbocycles. The summed E-state index contributed by atoms with van der Waals surface area (Å²) >= 11 is 2.33. The molecular weight excluding hydrogens is 466 g/mol. The lowest BCUT2D eigenvalue weighted by Crippen LogP contribution is -2.47. The summed E-state index contributed by atoms with van der Waals surface area (Å²) in [4.78, 5) is 13.2. The van der Waals surface area contributed by atoms with Gasteiger partial charge in [-0.1, -0.05) is 84.5 Å². The van der Waals surface area contributed by atoms with E-state index in [2.05, 4.69) is 34.8 Å². The molecule has 1 N–H and O–H groups in total. The Labute approximate surface area is 170 Å². The Morgan fingerprint density at radius 3 is 2.07 bits per heavy atom. The maximum Gasteiger partial charge on any atom is 0.405 e. The van der Waals surface area contributed by atoms with Crippen molar-refractivity contribution in [2.45, 2.75) is 41.7 Å². The predicted octanol–water partition coefficient (Wildman–Crippen LogP) is 5.63. The summed E-state index contributed by atoms with van der Waals surface area (Å²) in [5.74, 6) is -0.571. The van der Waals surface area contributed by atoms with Gasteiger partial charge in [0, 0.05) is 3.92 Å². The molecule has 1 aliphatic rings. The average molecular weight is 487 g/mol. The van der Waals surface area contributed by atoms with E-state index < -0.39 is 24.0 Å². The topological polar surface area (TPSA) is 29.1 Å². The lowest BCUT2D eigenvalue weighted by Gasteiger charge is -2.31. The molecule has 1 aliphatic carbocycles. The molecule has 0 radical (unpaired) electrons. The van der Waals surface area contributed by atoms with Crippen LogP contribution in [0.1, 0.15) is 37.3 Å². The van der Waals surface area contributed by atoms with Gasteiger partial charge in [-0.25, -0.2) is 0 Å². The molecule has 1 amide bonds. The van der Waals surface area contributed by atoms with E-state index in [9.17, 15) is 18.0 Å². The van der Waals surface area contributed by atoms with Gasteiger partial charge in [-0.3, -0.25) is 4.79 Å². The Kier molecular flexibility index (Phi) is 5.84. The fourth-order valence-electron chi connectivity index (χ4n) is 3.93. The summed E-state index contributed by atoms with van der Waals surface area (Å²) in [7, 11) is 0. The molecule has 0 saturated heterocycles. The number of halogens is 4. The number of amides is 1. The summed E-state index contributed by atoms with van der Waals surface area (Å²) < 4.78 is 38.7. The van der Waals surface area contributed by atoms with Gasteiger partial charge in [-0.2, -0.15) is 13.2 Å². The maximum atomic E-state index is 13.2. The number of hydrogen-bond donors (Lipinski definition) is 1. The third-order valence-corrected chi connectivity index (χ3v) is 5.68. The molecule has 1 atom stereocenters. The SMILES string of the molecule is CC(I)CCCC1(C(=O)NCC(F)(F)F)c2ccccc2-c2ccccc21. The van der Waals surface area contributed by atoms with Crippen LogP contribution in [0.25, 0.3) is 11.1 Å². The summed E-state index contributed by atoms with van der Waals surface area (Å²) in [6, 6.07) is 15.1. The van der Waals surface area contributed by atoms with Crippen LogP contribution in [0.4, 0.5) is 13.2 Å². The summed E-state index contributed by atoms with van der Waals surface area (Å²) in [5, 5.41) is 2.16. The van der Waals surface area contributed by atoms with Gasteiger partial charge < -0.3 is 5.32 Å². The number of fused-ring (bicyclic) bond motifs is 3. The Balaban J connectivity index is 2.08. The van der Waals surface area contributed by atoms with E-state index in [1.807, 2.05) is 48.5 Å². The van der Waals surface area contributed by atoms with E-state index >= 15 is 0 Å². The lowest BCUT2D eigenvalue weighted by atomic mass is 9.73. The highest BCUT2D eigenvalue weighted by molar-refractivity contribution is 14.1. The van der Waals surface area contributed by atoms with Crippen LogP contribution >= 0.6 is 22.6 Å². The Bertz CT molecular complexity index is 787. The second-order valence-corrected chi connectivity index (χ2v) is 9.09. The molecule has 0 heterocycles. The van der Waals surface area contributed by atoms with Crippen LogP contribution in [0.15, 0.2) is 48.5 Å². The summed E-state index contributed by atoms with van der Waals surface area (Å²) in [6.07, 6.45) is -2.30. The zero-order valence-corrected chi connectivity index (χ0v) is 17.1. The molecule has 2 nitrogen and oxygen atoms in total. The van der Waals surface area contributed by atoms with Crippen LogP contribution in [0.3, 0.4) is 0 Å². The highest BCUT2D eigenvalue weighted by atomic mass is 127. The monoisotopic (exact) mass is 487 g/mol. The van der Waals surface area contributed by atoms with Crippen LogP contribution in [0.2, 0.25) is 0 Å². The van der Waals surface area contributed by atoms with Crippen molar-refractivity contribution in [3.8, 4) is 11.1 Å². The normalized spacial score (nSPS) is 15.7. The Hall–Kier alpha value is -1.57. The van der Waals surface area contributed by atoms with Gasteiger partial charge in [0.2, 0.25) is 5.91 Å². The van der Waals surface area contributed by atoms with Crippen molar-refractivity contribution in [1.29, 1.82) is 0 Å². The summed E-state index contributed by atoms with van der Waals surface area (Å²) in [5.41, 5.74) is 2.37. The zero-order chi connectivity index (χ0) is 19.7. The van der Waals surface area contributed by atoms with E-state index in [0.717, 1.165) is 35.1 Å². The van der Waals surface area contributed by atoms with Gasteiger partial charge in [0.1, 0.15) is 12.0 Å². The van der Waals surface area contributed by atoms with Crippen molar-refractivity contribution >= 4 is 28.5 Å². The van der Waals surface area contributed by atoms with E-state index in [-0.39, 0.29) is 0 Å².